The maximum atomic E-state index is 8.42. The average Bonchev–Trinajstić information content (AvgIpc) is 2.18. The Morgan fingerprint density at radius 2 is 2.00 bits per heavy atom. The molecule has 0 radical (unpaired) electrons. The summed E-state index contributed by atoms with van der Waals surface area (Å²) >= 11 is 0. The SMILES string of the molecule is CN(C)C(=NC#N)Oc1ccccc1. The Balaban J connectivity index is 2.77. The van der Waals surface area contributed by atoms with Crippen molar-refractivity contribution in [3.63, 3.8) is 0 Å². The van der Waals surface area contributed by atoms with Gasteiger partial charge in [-0.3, -0.25) is 0 Å². The molecule has 0 aliphatic carbocycles. The van der Waals surface area contributed by atoms with E-state index in [4.69, 9.17) is 10.00 Å². The molecule has 72 valence electrons. The molecular weight excluding hydrogens is 178 g/mol. The molecule has 1 aromatic rings. The van der Waals surface area contributed by atoms with Gasteiger partial charge in [0.15, 0.2) is 0 Å². The van der Waals surface area contributed by atoms with Gasteiger partial charge in [-0.2, -0.15) is 5.26 Å². The summed E-state index contributed by atoms with van der Waals surface area (Å²) in [7, 11) is 3.53. The third-order valence-electron chi connectivity index (χ3n) is 1.48. The van der Waals surface area contributed by atoms with Gasteiger partial charge in [0, 0.05) is 14.1 Å². The molecule has 0 amide bonds. The van der Waals surface area contributed by atoms with Crippen LogP contribution in [0.3, 0.4) is 0 Å². The number of hydrogen-bond donors (Lipinski definition) is 0. The van der Waals surface area contributed by atoms with Crippen LogP contribution >= 0.6 is 0 Å². The summed E-state index contributed by atoms with van der Waals surface area (Å²) < 4.78 is 5.37. The Labute approximate surface area is 83.1 Å². The summed E-state index contributed by atoms with van der Waals surface area (Å²) in [6.45, 7) is 0. The van der Waals surface area contributed by atoms with Crippen LogP contribution in [0, 0.1) is 11.5 Å². The number of para-hydroxylation sites is 1. The summed E-state index contributed by atoms with van der Waals surface area (Å²) in [6, 6.07) is 9.49. The van der Waals surface area contributed by atoms with Gasteiger partial charge in [-0.1, -0.05) is 18.2 Å². The minimum atomic E-state index is 0.277. The van der Waals surface area contributed by atoms with Gasteiger partial charge >= 0.3 is 6.02 Å². The molecule has 0 aliphatic rings. The molecule has 4 nitrogen and oxygen atoms in total. The fraction of sp³-hybridized carbons (Fsp3) is 0.200. The van der Waals surface area contributed by atoms with E-state index in [1.165, 1.54) is 0 Å². The number of hydrogen-bond acceptors (Lipinski definition) is 3. The Morgan fingerprint density at radius 3 is 2.50 bits per heavy atom. The Bertz CT molecular complexity index is 351. The predicted molar refractivity (Wildman–Crippen MR) is 53.8 cm³/mol. The van der Waals surface area contributed by atoms with Crippen molar-refractivity contribution in [2.75, 3.05) is 14.1 Å². The van der Waals surface area contributed by atoms with E-state index >= 15 is 0 Å². The molecule has 0 fully saturated rings. The van der Waals surface area contributed by atoms with Crippen molar-refractivity contribution in [3.8, 4) is 11.9 Å². The number of rotatable bonds is 1. The van der Waals surface area contributed by atoms with Gasteiger partial charge in [-0.05, 0) is 12.1 Å². The number of nitrogens with zero attached hydrogens (tertiary/aromatic N) is 3. The minimum Gasteiger partial charge on any atom is -0.425 e. The number of benzene rings is 1. The summed E-state index contributed by atoms with van der Waals surface area (Å²) in [5.41, 5.74) is 0. The summed E-state index contributed by atoms with van der Waals surface area (Å²) in [4.78, 5) is 5.18. The zero-order valence-electron chi connectivity index (χ0n) is 8.14. The summed E-state index contributed by atoms with van der Waals surface area (Å²) in [5, 5.41) is 8.42. The van der Waals surface area contributed by atoms with Crippen molar-refractivity contribution < 1.29 is 4.74 Å². The quantitative estimate of drug-likeness (QED) is 0.382. The van der Waals surface area contributed by atoms with E-state index in [1.54, 1.807) is 37.3 Å². The van der Waals surface area contributed by atoms with Gasteiger partial charge in [-0.15, -0.1) is 4.99 Å². The molecule has 4 heteroatoms. The third-order valence-corrected chi connectivity index (χ3v) is 1.48. The summed E-state index contributed by atoms with van der Waals surface area (Å²) in [6.07, 6.45) is 1.69. The molecule has 0 unspecified atom stereocenters. The van der Waals surface area contributed by atoms with Crippen LogP contribution in [0.2, 0.25) is 0 Å². The van der Waals surface area contributed by atoms with Crippen LogP contribution in [0.4, 0.5) is 0 Å². The molecule has 14 heavy (non-hydrogen) atoms. The summed E-state index contributed by atoms with van der Waals surface area (Å²) in [5.74, 6) is 0.662. The van der Waals surface area contributed by atoms with Crippen molar-refractivity contribution in [2.45, 2.75) is 0 Å². The number of nitriles is 1. The van der Waals surface area contributed by atoms with Gasteiger partial charge in [0.1, 0.15) is 5.75 Å². The van der Waals surface area contributed by atoms with Crippen molar-refractivity contribution in [2.24, 2.45) is 4.99 Å². The smallest absolute Gasteiger partial charge is 0.307 e. The number of aliphatic imine (C=N–C) groups is 1. The van der Waals surface area contributed by atoms with E-state index in [0.29, 0.717) is 5.75 Å². The lowest BCUT2D eigenvalue weighted by atomic mass is 10.3. The van der Waals surface area contributed by atoms with Gasteiger partial charge in [0.2, 0.25) is 6.19 Å². The zero-order chi connectivity index (χ0) is 10.4. The molecular formula is C10H11N3O. The van der Waals surface area contributed by atoms with Gasteiger partial charge < -0.3 is 9.64 Å². The average molecular weight is 189 g/mol. The fourth-order valence-electron chi connectivity index (χ4n) is 0.851. The van der Waals surface area contributed by atoms with E-state index in [0.717, 1.165) is 0 Å². The first kappa shape index (κ1) is 10.1. The lowest BCUT2D eigenvalue weighted by Gasteiger charge is -2.13. The second kappa shape index (κ2) is 4.87. The van der Waals surface area contributed by atoms with E-state index in [9.17, 15) is 0 Å². The second-order valence-corrected chi connectivity index (χ2v) is 2.80. The van der Waals surface area contributed by atoms with Gasteiger partial charge in [-0.25, -0.2) is 0 Å². The first-order chi connectivity index (χ1) is 6.74. The monoisotopic (exact) mass is 189 g/mol. The second-order valence-electron chi connectivity index (χ2n) is 2.80. The van der Waals surface area contributed by atoms with E-state index in [2.05, 4.69) is 4.99 Å². The predicted octanol–water partition coefficient (Wildman–Crippen LogP) is 1.46. The lowest BCUT2D eigenvalue weighted by Crippen LogP contribution is -2.27. The minimum absolute atomic E-state index is 0.277. The van der Waals surface area contributed by atoms with Gasteiger partial charge in [0.05, 0.1) is 0 Å². The van der Waals surface area contributed by atoms with Crippen LogP contribution in [0.25, 0.3) is 0 Å². The van der Waals surface area contributed by atoms with Crippen molar-refractivity contribution in [3.05, 3.63) is 30.3 Å². The highest BCUT2D eigenvalue weighted by molar-refractivity contribution is 5.76. The van der Waals surface area contributed by atoms with Crippen molar-refractivity contribution in [1.29, 1.82) is 5.26 Å². The third kappa shape index (κ3) is 2.79. The van der Waals surface area contributed by atoms with E-state index in [1.807, 2.05) is 18.2 Å². The molecule has 1 aromatic carbocycles. The van der Waals surface area contributed by atoms with E-state index in [-0.39, 0.29) is 6.02 Å². The maximum Gasteiger partial charge on any atom is 0.307 e. The highest BCUT2D eigenvalue weighted by atomic mass is 16.5. The van der Waals surface area contributed by atoms with Gasteiger partial charge in [0.25, 0.3) is 0 Å². The Hall–Kier alpha value is -2.02. The van der Waals surface area contributed by atoms with Crippen LogP contribution in [0.5, 0.6) is 5.75 Å². The number of amidine groups is 1. The largest absolute Gasteiger partial charge is 0.425 e. The van der Waals surface area contributed by atoms with Crippen LogP contribution in [0.15, 0.2) is 35.3 Å². The molecule has 0 saturated heterocycles. The normalized spacial score (nSPS) is 10.5. The molecule has 0 spiro atoms. The standard InChI is InChI=1S/C10H11N3O/c1-13(2)10(12-8-11)14-9-6-4-3-5-7-9/h3-7H,1-2H3. The fourth-order valence-corrected chi connectivity index (χ4v) is 0.851. The number of ether oxygens (including phenoxy) is 1. The highest BCUT2D eigenvalue weighted by Gasteiger charge is 2.03. The molecule has 0 aromatic heterocycles. The molecule has 1 rings (SSSR count). The van der Waals surface area contributed by atoms with Crippen molar-refractivity contribution >= 4 is 6.02 Å². The highest BCUT2D eigenvalue weighted by Crippen LogP contribution is 2.09. The first-order valence-electron chi connectivity index (χ1n) is 4.11. The first-order valence-corrected chi connectivity index (χ1v) is 4.11. The van der Waals surface area contributed by atoms with Crippen LogP contribution in [-0.2, 0) is 0 Å². The van der Waals surface area contributed by atoms with Crippen LogP contribution in [-0.4, -0.2) is 25.0 Å². The zero-order valence-corrected chi connectivity index (χ0v) is 8.14. The molecule has 0 heterocycles. The van der Waals surface area contributed by atoms with Crippen LogP contribution < -0.4 is 4.74 Å². The lowest BCUT2D eigenvalue weighted by molar-refractivity contribution is 0.432. The topological polar surface area (TPSA) is 48.6 Å². The molecule has 0 saturated carbocycles. The maximum absolute atomic E-state index is 8.42. The van der Waals surface area contributed by atoms with Crippen LogP contribution in [0.1, 0.15) is 0 Å². The Kier molecular flexibility index (Phi) is 3.50. The molecule has 0 atom stereocenters. The molecule has 0 aliphatic heterocycles. The Morgan fingerprint density at radius 1 is 1.36 bits per heavy atom. The molecule has 0 bridgehead atoms. The van der Waals surface area contributed by atoms with E-state index < -0.39 is 0 Å². The molecule has 0 N–H and O–H groups in total. The van der Waals surface area contributed by atoms with Crippen molar-refractivity contribution in [1.82, 2.24) is 4.90 Å².